The van der Waals surface area contributed by atoms with E-state index in [-0.39, 0.29) is 17.9 Å². The molecule has 0 bridgehead atoms. The number of ether oxygens (including phenoxy) is 1. The summed E-state index contributed by atoms with van der Waals surface area (Å²) in [6.07, 6.45) is 6.38. The third-order valence-corrected chi connectivity index (χ3v) is 5.95. The van der Waals surface area contributed by atoms with E-state index in [0.717, 1.165) is 32.1 Å². The Morgan fingerprint density at radius 1 is 0.818 bits per heavy atom. The van der Waals surface area contributed by atoms with Gasteiger partial charge in [-0.05, 0) is 48.7 Å². The summed E-state index contributed by atoms with van der Waals surface area (Å²) in [5, 5.41) is 6.03. The van der Waals surface area contributed by atoms with Crippen LogP contribution in [-0.2, 0) is 6.42 Å². The number of hydrogen-bond acceptors (Lipinski definition) is 3. The molecule has 3 aromatic carbocycles. The summed E-state index contributed by atoms with van der Waals surface area (Å²) in [7, 11) is 0. The normalized spacial score (nSPS) is 13.8. The van der Waals surface area contributed by atoms with Gasteiger partial charge < -0.3 is 15.4 Å². The van der Waals surface area contributed by atoms with Crippen molar-refractivity contribution in [3.8, 4) is 5.75 Å². The summed E-state index contributed by atoms with van der Waals surface area (Å²) in [6, 6.07) is 24.6. The third kappa shape index (κ3) is 6.45. The molecule has 0 unspecified atom stereocenters. The first-order valence-corrected chi connectivity index (χ1v) is 11.7. The minimum absolute atomic E-state index is 0.0948. The van der Waals surface area contributed by atoms with E-state index < -0.39 is 0 Å². The van der Waals surface area contributed by atoms with Crippen molar-refractivity contribution in [2.24, 2.45) is 0 Å². The maximum Gasteiger partial charge on any atom is 0.259 e. The molecule has 1 aliphatic rings. The fourth-order valence-corrected chi connectivity index (χ4v) is 4.16. The number of hydrogen-bond donors (Lipinski definition) is 2. The second-order valence-electron chi connectivity index (χ2n) is 8.42. The van der Waals surface area contributed by atoms with Crippen LogP contribution < -0.4 is 15.4 Å². The minimum Gasteiger partial charge on any atom is -0.492 e. The fraction of sp³-hybridized carbons (Fsp3) is 0.286. The minimum atomic E-state index is -0.268. The van der Waals surface area contributed by atoms with Crippen LogP contribution in [0.2, 0.25) is 0 Å². The lowest BCUT2D eigenvalue weighted by atomic mass is 9.95. The van der Waals surface area contributed by atoms with Crippen LogP contribution in [0.4, 0.5) is 5.69 Å². The van der Waals surface area contributed by atoms with Gasteiger partial charge in [-0.15, -0.1) is 0 Å². The highest BCUT2D eigenvalue weighted by Gasteiger charge is 2.17. The van der Waals surface area contributed by atoms with Crippen LogP contribution in [0.15, 0.2) is 78.9 Å². The smallest absolute Gasteiger partial charge is 0.259 e. The molecule has 0 aromatic heterocycles. The number of nitrogens with one attached hydrogen (secondary N) is 2. The predicted octanol–water partition coefficient (Wildman–Crippen LogP) is 5.62. The van der Waals surface area contributed by atoms with E-state index in [9.17, 15) is 9.59 Å². The molecule has 5 heteroatoms. The Kier molecular flexibility index (Phi) is 7.75. The lowest BCUT2D eigenvalue weighted by Gasteiger charge is -2.22. The van der Waals surface area contributed by atoms with E-state index >= 15 is 0 Å². The van der Waals surface area contributed by atoms with Gasteiger partial charge in [0.15, 0.2) is 0 Å². The van der Waals surface area contributed by atoms with E-state index in [0.29, 0.717) is 29.2 Å². The van der Waals surface area contributed by atoms with Gasteiger partial charge in [-0.1, -0.05) is 67.8 Å². The van der Waals surface area contributed by atoms with Crippen molar-refractivity contribution in [3.05, 3.63) is 95.6 Å². The highest BCUT2D eigenvalue weighted by atomic mass is 16.5. The van der Waals surface area contributed by atoms with Gasteiger partial charge in [0, 0.05) is 23.7 Å². The summed E-state index contributed by atoms with van der Waals surface area (Å²) < 4.78 is 5.92. The van der Waals surface area contributed by atoms with Gasteiger partial charge in [0.05, 0.1) is 12.2 Å². The number of carbonyl (C=O) groups excluding carboxylic acids is 2. The van der Waals surface area contributed by atoms with Crippen molar-refractivity contribution in [3.63, 3.8) is 0 Å². The van der Waals surface area contributed by atoms with Crippen molar-refractivity contribution in [1.29, 1.82) is 0 Å². The van der Waals surface area contributed by atoms with Crippen LogP contribution in [0, 0.1) is 0 Å². The van der Waals surface area contributed by atoms with E-state index in [2.05, 4.69) is 22.8 Å². The molecule has 0 atom stereocenters. The first-order chi connectivity index (χ1) is 16.2. The van der Waals surface area contributed by atoms with Crippen molar-refractivity contribution >= 4 is 17.5 Å². The number of benzene rings is 3. The molecule has 1 aliphatic carbocycles. The molecular formula is C28H30N2O3. The zero-order valence-electron chi connectivity index (χ0n) is 18.8. The van der Waals surface area contributed by atoms with Gasteiger partial charge in [0.2, 0.25) is 0 Å². The Hall–Kier alpha value is -3.60. The van der Waals surface area contributed by atoms with Gasteiger partial charge in [-0.25, -0.2) is 0 Å². The largest absolute Gasteiger partial charge is 0.492 e. The Labute approximate surface area is 195 Å². The highest BCUT2D eigenvalue weighted by molar-refractivity contribution is 6.06. The molecule has 0 aliphatic heterocycles. The molecule has 0 saturated heterocycles. The fourth-order valence-electron chi connectivity index (χ4n) is 4.16. The van der Waals surface area contributed by atoms with E-state index in [1.165, 1.54) is 12.0 Å². The predicted molar refractivity (Wildman–Crippen MR) is 131 cm³/mol. The summed E-state index contributed by atoms with van der Waals surface area (Å²) >= 11 is 0. The van der Waals surface area contributed by atoms with E-state index in [4.69, 9.17) is 4.74 Å². The summed E-state index contributed by atoms with van der Waals surface area (Å²) in [5.74, 6) is 0.176. The van der Waals surface area contributed by atoms with Crippen LogP contribution in [-0.4, -0.2) is 24.5 Å². The summed E-state index contributed by atoms with van der Waals surface area (Å²) in [4.78, 5) is 25.6. The van der Waals surface area contributed by atoms with E-state index in [1.54, 1.807) is 36.4 Å². The third-order valence-electron chi connectivity index (χ3n) is 5.95. The molecule has 1 fully saturated rings. The maximum atomic E-state index is 13.0. The average molecular weight is 443 g/mol. The highest BCUT2D eigenvalue weighted by Crippen LogP contribution is 2.21. The second kappa shape index (κ2) is 11.3. The molecule has 170 valence electrons. The molecule has 1 saturated carbocycles. The van der Waals surface area contributed by atoms with Gasteiger partial charge in [-0.3, -0.25) is 9.59 Å². The standard InChI is InChI=1S/C28H30N2O3/c31-27(29-23-13-5-2-6-14-23)22-12-9-15-24(20-22)30-28(32)25-16-7-8-17-26(25)33-19-18-21-10-3-1-4-11-21/h1,3-4,7-12,15-17,20,23H,2,5-6,13-14,18-19H2,(H,29,31)(H,30,32). The zero-order chi connectivity index (χ0) is 22.9. The lowest BCUT2D eigenvalue weighted by Crippen LogP contribution is -2.36. The molecule has 33 heavy (non-hydrogen) atoms. The van der Waals surface area contributed by atoms with E-state index in [1.807, 2.05) is 30.3 Å². The molecule has 0 heterocycles. The van der Waals surface area contributed by atoms with Crippen molar-refractivity contribution < 1.29 is 14.3 Å². The van der Waals surface area contributed by atoms with Crippen LogP contribution in [0.5, 0.6) is 5.75 Å². The van der Waals surface area contributed by atoms with Crippen LogP contribution in [0.1, 0.15) is 58.4 Å². The van der Waals surface area contributed by atoms with Gasteiger partial charge in [0.25, 0.3) is 11.8 Å². The van der Waals surface area contributed by atoms with Gasteiger partial charge in [-0.2, -0.15) is 0 Å². The maximum absolute atomic E-state index is 13.0. The second-order valence-corrected chi connectivity index (χ2v) is 8.42. The Morgan fingerprint density at radius 3 is 2.39 bits per heavy atom. The molecule has 0 spiro atoms. The van der Waals surface area contributed by atoms with Crippen molar-refractivity contribution in [1.82, 2.24) is 5.32 Å². The molecule has 2 N–H and O–H groups in total. The number of rotatable bonds is 8. The van der Waals surface area contributed by atoms with Crippen LogP contribution in [0.3, 0.4) is 0 Å². The zero-order valence-corrected chi connectivity index (χ0v) is 18.8. The lowest BCUT2D eigenvalue weighted by molar-refractivity contribution is 0.0926. The Balaban J connectivity index is 1.38. The first-order valence-electron chi connectivity index (χ1n) is 11.7. The summed E-state index contributed by atoms with van der Waals surface area (Å²) in [6.45, 7) is 0.477. The molecule has 2 amide bonds. The Morgan fingerprint density at radius 2 is 1.58 bits per heavy atom. The number of anilines is 1. The van der Waals surface area contributed by atoms with Gasteiger partial charge >= 0.3 is 0 Å². The Bertz CT molecular complexity index is 1080. The first kappa shape index (κ1) is 22.6. The van der Waals surface area contributed by atoms with Crippen molar-refractivity contribution in [2.75, 3.05) is 11.9 Å². The van der Waals surface area contributed by atoms with Crippen LogP contribution in [0.25, 0.3) is 0 Å². The molecule has 5 nitrogen and oxygen atoms in total. The van der Waals surface area contributed by atoms with Crippen LogP contribution >= 0.6 is 0 Å². The number of carbonyl (C=O) groups is 2. The molecular weight excluding hydrogens is 412 g/mol. The number of para-hydroxylation sites is 1. The average Bonchev–Trinajstić information content (AvgIpc) is 2.86. The monoisotopic (exact) mass is 442 g/mol. The molecule has 0 radical (unpaired) electrons. The molecule has 3 aromatic rings. The number of amides is 2. The van der Waals surface area contributed by atoms with Gasteiger partial charge in [0.1, 0.15) is 5.75 Å². The quantitative estimate of drug-likeness (QED) is 0.476. The SMILES string of the molecule is O=C(NC1CCCCC1)c1cccc(NC(=O)c2ccccc2OCCc2ccccc2)c1. The van der Waals surface area contributed by atoms with Crippen molar-refractivity contribution in [2.45, 2.75) is 44.6 Å². The summed E-state index contributed by atoms with van der Waals surface area (Å²) in [5.41, 5.74) is 2.77. The molecule has 4 rings (SSSR count). The topological polar surface area (TPSA) is 67.4 Å².